The first-order chi connectivity index (χ1) is 15.1. The Bertz CT molecular complexity index is 1100. The Morgan fingerprint density at radius 3 is 2.45 bits per heavy atom. The van der Waals surface area contributed by atoms with Crippen LogP contribution in [-0.2, 0) is 6.42 Å². The number of fused-ring (bicyclic) bond motifs is 1. The number of hydrogen-bond acceptors (Lipinski definition) is 3. The molecule has 1 heterocycles. The molecule has 3 aromatic rings. The number of carbonyl (C=O) groups is 2. The van der Waals surface area contributed by atoms with E-state index in [9.17, 15) is 9.59 Å². The summed E-state index contributed by atoms with van der Waals surface area (Å²) in [6.07, 6.45) is 0.983. The van der Waals surface area contributed by atoms with Crippen molar-refractivity contribution >= 4 is 29.0 Å². The summed E-state index contributed by atoms with van der Waals surface area (Å²) in [5.41, 5.74) is 5.85. The van der Waals surface area contributed by atoms with Crippen molar-refractivity contribution in [2.75, 3.05) is 29.9 Å². The molecule has 0 unspecified atom stereocenters. The summed E-state index contributed by atoms with van der Waals surface area (Å²) < 4.78 is 0. The molecule has 0 saturated heterocycles. The third-order valence-corrected chi connectivity index (χ3v) is 5.31. The Hall–Kier alpha value is -3.80. The maximum absolute atomic E-state index is 12.4. The monoisotopic (exact) mass is 414 g/mol. The van der Waals surface area contributed by atoms with Crippen LogP contribution in [0, 0.1) is 6.92 Å². The molecule has 0 bridgehead atoms. The van der Waals surface area contributed by atoms with Gasteiger partial charge < -0.3 is 20.9 Å². The van der Waals surface area contributed by atoms with Gasteiger partial charge in [-0.3, -0.25) is 4.79 Å². The molecule has 3 amide bonds. The van der Waals surface area contributed by atoms with Gasteiger partial charge in [-0.2, -0.15) is 0 Å². The molecule has 1 aliphatic heterocycles. The normalized spacial score (nSPS) is 12.2. The van der Waals surface area contributed by atoms with Gasteiger partial charge in [0.25, 0.3) is 5.91 Å². The lowest BCUT2D eigenvalue weighted by Crippen LogP contribution is -2.37. The van der Waals surface area contributed by atoms with Gasteiger partial charge in [0.2, 0.25) is 0 Å². The number of nitrogens with zero attached hydrogens (tertiary/aromatic N) is 1. The lowest BCUT2D eigenvalue weighted by Gasteiger charge is -2.23. The van der Waals surface area contributed by atoms with Crippen molar-refractivity contribution < 1.29 is 9.59 Å². The van der Waals surface area contributed by atoms with Crippen LogP contribution < -0.4 is 20.9 Å². The first-order valence-corrected chi connectivity index (χ1v) is 10.5. The predicted molar refractivity (Wildman–Crippen MR) is 124 cm³/mol. The lowest BCUT2D eigenvalue weighted by atomic mass is 10.1. The van der Waals surface area contributed by atoms with Crippen LogP contribution in [0.5, 0.6) is 0 Å². The van der Waals surface area contributed by atoms with Crippen LogP contribution in [0.25, 0.3) is 0 Å². The fourth-order valence-electron chi connectivity index (χ4n) is 3.81. The van der Waals surface area contributed by atoms with E-state index in [4.69, 9.17) is 0 Å². The smallest absolute Gasteiger partial charge is 0.319 e. The largest absolute Gasteiger partial charge is 0.350 e. The number of nitrogens with one attached hydrogen (secondary N) is 3. The maximum atomic E-state index is 12.4. The van der Waals surface area contributed by atoms with Crippen LogP contribution in [0.4, 0.5) is 21.9 Å². The maximum Gasteiger partial charge on any atom is 0.319 e. The third kappa shape index (κ3) is 4.86. The highest BCUT2D eigenvalue weighted by molar-refractivity contribution is 5.95. The van der Waals surface area contributed by atoms with Gasteiger partial charge in [0.15, 0.2) is 0 Å². The van der Waals surface area contributed by atoms with Gasteiger partial charge in [-0.15, -0.1) is 0 Å². The fraction of sp³-hybridized carbons (Fsp3) is 0.200. The summed E-state index contributed by atoms with van der Waals surface area (Å²) in [7, 11) is 0. The molecule has 0 spiro atoms. The second-order valence-corrected chi connectivity index (χ2v) is 7.55. The van der Waals surface area contributed by atoms with Crippen LogP contribution in [-0.4, -0.2) is 31.6 Å². The van der Waals surface area contributed by atoms with Crippen molar-refractivity contribution in [2.24, 2.45) is 0 Å². The minimum absolute atomic E-state index is 0.149. The number of carbonyl (C=O) groups excluding carboxylic acids is 2. The van der Waals surface area contributed by atoms with Crippen molar-refractivity contribution in [1.29, 1.82) is 0 Å². The van der Waals surface area contributed by atoms with Gasteiger partial charge in [-0.25, -0.2) is 4.79 Å². The third-order valence-electron chi connectivity index (χ3n) is 5.31. The zero-order valence-corrected chi connectivity index (χ0v) is 17.5. The summed E-state index contributed by atoms with van der Waals surface area (Å²) >= 11 is 0. The first kappa shape index (κ1) is 20.5. The SMILES string of the molecule is Cc1cccc(C(=O)NCCNC(=O)Nc2ccccc2N2CCc3ccccc32)c1. The van der Waals surface area contributed by atoms with E-state index in [1.165, 1.54) is 11.3 Å². The predicted octanol–water partition coefficient (Wildman–Crippen LogP) is 4.24. The molecular weight excluding hydrogens is 388 g/mol. The Labute approximate surface area is 182 Å². The number of rotatable bonds is 6. The van der Waals surface area contributed by atoms with E-state index in [1.807, 2.05) is 55.5 Å². The van der Waals surface area contributed by atoms with Crippen LogP contribution in [0.2, 0.25) is 0 Å². The summed E-state index contributed by atoms with van der Waals surface area (Å²) in [4.78, 5) is 26.8. The molecule has 0 aliphatic carbocycles. The van der Waals surface area contributed by atoms with E-state index in [0.717, 1.165) is 29.9 Å². The van der Waals surface area contributed by atoms with E-state index in [-0.39, 0.29) is 11.9 Å². The molecule has 3 N–H and O–H groups in total. The number of para-hydroxylation sites is 3. The second kappa shape index (κ2) is 9.34. The van der Waals surface area contributed by atoms with Gasteiger partial charge in [-0.1, -0.05) is 48.0 Å². The number of aryl methyl sites for hydroxylation is 1. The summed E-state index contributed by atoms with van der Waals surface area (Å²) in [5, 5.41) is 8.57. The molecule has 1 aliphatic rings. The topological polar surface area (TPSA) is 73.5 Å². The molecule has 158 valence electrons. The number of amides is 3. The molecule has 4 rings (SSSR count). The van der Waals surface area contributed by atoms with Crippen LogP contribution in [0.1, 0.15) is 21.5 Å². The Kier molecular flexibility index (Phi) is 6.17. The number of hydrogen-bond donors (Lipinski definition) is 3. The van der Waals surface area contributed by atoms with Crippen LogP contribution in [0.15, 0.2) is 72.8 Å². The average molecular weight is 415 g/mol. The fourth-order valence-corrected chi connectivity index (χ4v) is 3.81. The van der Waals surface area contributed by atoms with E-state index >= 15 is 0 Å². The summed E-state index contributed by atoms with van der Waals surface area (Å²) in [5.74, 6) is -0.149. The zero-order chi connectivity index (χ0) is 21.6. The number of urea groups is 1. The lowest BCUT2D eigenvalue weighted by molar-refractivity contribution is 0.0954. The quantitative estimate of drug-likeness (QED) is 0.528. The summed E-state index contributed by atoms with van der Waals surface area (Å²) in [6, 6.07) is 23.2. The molecule has 3 aromatic carbocycles. The number of anilines is 3. The Morgan fingerprint density at radius 2 is 1.61 bits per heavy atom. The molecule has 0 radical (unpaired) electrons. The molecule has 0 saturated carbocycles. The van der Waals surface area contributed by atoms with Gasteiger partial charge in [0, 0.05) is 30.9 Å². The Balaban J connectivity index is 1.31. The van der Waals surface area contributed by atoms with Crippen molar-refractivity contribution in [3.05, 3.63) is 89.5 Å². The van der Waals surface area contributed by atoms with E-state index in [1.54, 1.807) is 6.07 Å². The van der Waals surface area contributed by atoms with Crippen LogP contribution in [0.3, 0.4) is 0 Å². The van der Waals surface area contributed by atoms with E-state index in [0.29, 0.717) is 18.7 Å². The average Bonchev–Trinajstić information content (AvgIpc) is 3.21. The molecule has 6 heteroatoms. The molecule has 0 fully saturated rings. The van der Waals surface area contributed by atoms with Crippen molar-refractivity contribution in [1.82, 2.24) is 10.6 Å². The number of benzene rings is 3. The molecule has 0 aromatic heterocycles. The van der Waals surface area contributed by atoms with Gasteiger partial charge in [0.05, 0.1) is 11.4 Å². The highest BCUT2D eigenvalue weighted by Gasteiger charge is 2.22. The van der Waals surface area contributed by atoms with Gasteiger partial charge in [-0.05, 0) is 49.2 Å². The minimum Gasteiger partial charge on any atom is -0.350 e. The molecule has 0 atom stereocenters. The van der Waals surface area contributed by atoms with Gasteiger partial charge in [0.1, 0.15) is 0 Å². The highest BCUT2D eigenvalue weighted by atomic mass is 16.2. The molecule has 6 nitrogen and oxygen atoms in total. The highest BCUT2D eigenvalue weighted by Crippen LogP contribution is 2.37. The van der Waals surface area contributed by atoms with Crippen molar-refractivity contribution in [3.63, 3.8) is 0 Å². The first-order valence-electron chi connectivity index (χ1n) is 10.5. The van der Waals surface area contributed by atoms with E-state index in [2.05, 4.69) is 39.0 Å². The Morgan fingerprint density at radius 1 is 0.871 bits per heavy atom. The summed E-state index contributed by atoms with van der Waals surface area (Å²) in [6.45, 7) is 3.51. The van der Waals surface area contributed by atoms with Crippen molar-refractivity contribution in [2.45, 2.75) is 13.3 Å². The van der Waals surface area contributed by atoms with Crippen LogP contribution >= 0.6 is 0 Å². The van der Waals surface area contributed by atoms with Crippen molar-refractivity contribution in [3.8, 4) is 0 Å². The molecular formula is C25H26N4O2. The standard InChI is InChI=1S/C25H26N4O2/c1-18-7-6-9-20(17-18)24(30)26-14-15-27-25(31)28-21-10-3-5-12-23(21)29-16-13-19-8-2-4-11-22(19)29/h2-12,17H,13-16H2,1H3,(H,26,30)(H2,27,28,31). The van der Waals surface area contributed by atoms with Gasteiger partial charge >= 0.3 is 6.03 Å². The van der Waals surface area contributed by atoms with E-state index < -0.39 is 0 Å². The second-order valence-electron chi connectivity index (χ2n) is 7.55. The zero-order valence-electron chi connectivity index (χ0n) is 17.5. The minimum atomic E-state index is -0.301. The molecule has 31 heavy (non-hydrogen) atoms.